The fourth-order valence-corrected chi connectivity index (χ4v) is 4.20. The van der Waals surface area contributed by atoms with Crippen molar-refractivity contribution in [2.45, 2.75) is 44.2 Å². The maximum atomic E-state index is 12.6. The summed E-state index contributed by atoms with van der Waals surface area (Å²) in [5.41, 5.74) is 1.50. The van der Waals surface area contributed by atoms with Gasteiger partial charge in [0.25, 0.3) is 6.01 Å². The Morgan fingerprint density at radius 2 is 2.12 bits per heavy atom. The molecule has 26 heavy (non-hydrogen) atoms. The summed E-state index contributed by atoms with van der Waals surface area (Å²) >= 11 is 6.01. The molecule has 2 atom stereocenters. The number of aromatic nitrogens is 1. The van der Waals surface area contributed by atoms with Crippen LogP contribution in [0.1, 0.15) is 32.1 Å². The maximum absolute atomic E-state index is 12.6. The van der Waals surface area contributed by atoms with E-state index in [4.69, 9.17) is 20.8 Å². The minimum absolute atomic E-state index is 0.0446. The average Bonchev–Trinajstić information content (AvgIpc) is 3.27. The van der Waals surface area contributed by atoms with Crippen molar-refractivity contribution in [1.82, 2.24) is 10.3 Å². The fourth-order valence-electron chi connectivity index (χ4n) is 4.03. The summed E-state index contributed by atoms with van der Waals surface area (Å²) in [6.07, 6.45) is 4.91. The summed E-state index contributed by atoms with van der Waals surface area (Å²) in [4.78, 5) is 19.2. The van der Waals surface area contributed by atoms with Gasteiger partial charge in [-0.2, -0.15) is 4.98 Å². The number of oxazole rings is 1. The van der Waals surface area contributed by atoms with Gasteiger partial charge in [0, 0.05) is 31.1 Å². The number of nitrogens with one attached hydrogen (secondary N) is 1. The van der Waals surface area contributed by atoms with E-state index in [2.05, 4.69) is 15.2 Å². The van der Waals surface area contributed by atoms with Gasteiger partial charge in [-0.3, -0.25) is 4.79 Å². The lowest BCUT2D eigenvalue weighted by Gasteiger charge is -2.31. The predicted molar refractivity (Wildman–Crippen MR) is 101 cm³/mol. The van der Waals surface area contributed by atoms with Crippen LogP contribution in [0, 0.1) is 5.92 Å². The Bertz CT molecular complexity index is 785. The second-order valence-electron chi connectivity index (χ2n) is 7.19. The molecule has 6 nitrogen and oxygen atoms in total. The van der Waals surface area contributed by atoms with Crippen molar-refractivity contribution in [3.63, 3.8) is 0 Å². The zero-order valence-corrected chi connectivity index (χ0v) is 15.7. The number of carbonyl (C=O) groups excluding carboxylic acids is 1. The van der Waals surface area contributed by atoms with Crippen molar-refractivity contribution in [2.24, 2.45) is 5.92 Å². The molecular formula is C19H24ClN3O3. The molecule has 0 bridgehead atoms. The molecule has 0 spiro atoms. The summed E-state index contributed by atoms with van der Waals surface area (Å²) in [5.74, 6) is 0.200. The van der Waals surface area contributed by atoms with Crippen LogP contribution in [0.25, 0.3) is 11.1 Å². The molecule has 2 aromatic rings. The zero-order valence-electron chi connectivity index (χ0n) is 14.9. The van der Waals surface area contributed by atoms with Gasteiger partial charge in [-0.05, 0) is 50.3 Å². The lowest BCUT2D eigenvalue weighted by molar-refractivity contribution is -0.127. The first kappa shape index (κ1) is 17.6. The molecular weight excluding hydrogens is 354 g/mol. The Kier molecular flexibility index (Phi) is 5.05. The number of benzene rings is 1. The van der Waals surface area contributed by atoms with Gasteiger partial charge >= 0.3 is 0 Å². The lowest BCUT2D eigenvalue weighted by atomic mass is 9.95. The van der Waals surface area contributed by atoms with Gasteiger partial charge < -0.3 is 19.4 Å². The van der Waals surface area contributed by atoms with E-state index in [1.165, 1.54) is 0 Å². The Balaban J connectivity index is 1.35. The second kappa shape index (κ2) is 7.45. The molecule has 140 valence electrons. The third-order valence-corrected chi connectivity index (χ3v) is 5.79. The average molecular weight is 378 g/mol. The molecule has 1 N–H and O–H groups in total. The number of anilines is 1. The molecule has 1 aliphatic heterocycles. The minimum Gasteiger partial charge on any atom is -0.423 e. The van der Waals surface area contributed by atoms with Crippen LogP contribution in [0.4, 0.5) is 6.01 Å². The van der Waals surface area contributed by atoms with E-state index in [0.29, 0.717) is 11.0 Å². The van der Waals surface area contributed by atoms with Crippen molar-refractivity contribution >= 4 is 34.6 Å². The van der Waals surface area contributed by atoms with E-state index >= 15 is 0 Å². The summed E-state index contributed by atoms with van der Waals surface area (Å²) < 4.78 is 11.3. The molecule has 2 heterocycles. The molecule has 0 radical (unpaired) electrons. The van der Waals surface area contributed by atoms with Crippen LogP contribution < -0.4 is 10.2 Å². The quantitative estimate of drug-likeness (QED) is 0.884. The number of rotatable bonds is 4. The van der Waals surface area contributed by atoms with Crippen LogP contribution in [0.15, 0.2) is 22.6 Å². The number of nitrogens with zero attached hydrogens (tertiary/aromatic N) is 2. The molecule has 1 aromatic carbocycles. The molecule has 7 heteroatoms. The van der Waals surface area contributed by atoms with Crippen molar-refractivity contribution < 1.29 is 13.9 Å². The van der Waals surface area contributed by atoms with Crippen LogP contribution in [0.2, 0.25) is 5.02 Å². The highest BCUT2D eigenvalue weighted by atomic mass is 35.5. The standard InChI is InChI=1S/C19H24ClN3O3/c1-25-16-4-2-3-14(16)21-18(24)12-7-9-23(10-8-12)19-22-15-11-13(20)5-6-17(15)26-19/h5-6,11-12,14,16H,2-4,7-10H2,1H3,(H,21,24)/t14-,16-/m1/s1. The summed E-state index contributed by atoms with van der Waals surface area (Å²) in [5, 5.41) is 3.84. The number of ether oxygens (including phenoxy) is 1. The highest BCUT2D eigenvalue weighted by Gasteiger charge is 2.32. The van der Waals surface area contributed by atoms with Gasteiger partial charge in [-0.15, -0.1) is 0 Å². The molecule has 0 unspecified atom stereocenters. The van der Waals surface area contributed by atoms with Crippen LogP contribution >= 0.6 is 11.6 Å². The second-order valence-corrected chi connectivity index (χ2v) is 7.63. The van der Waals surface area contributed by atoms with Gasteiger partial charge in [-0.1, -0.05) is 11.6 Å². The number of amides is 1. The van der Waals surface area contributed by atoms with Crippen molar-refractivity contribution in [1.29, 1.82) is 0 Å². The van der Waals surface area contributed by atoms with Crippen molar-refractivity contribution in [2.75, 3.05) is 25.1 Å². The SMILES string of the molecule is CO[C@@H]1CCC[C@H]1NC(=O)C1CCN(c2nc3cc(Cl)ccc3o2)CC1. The molecule has 2 aliphatic rings. The Hall–Kier alpha value is -1.79. The number of hydrogen-bond acceptors (Lipinski definition) is 5. The maximum Gasteiger partial charge on any atom is 0.298 e. The number of carbonyl (C=O) groups is 1. The third-order valence-electron chi connectivity index (χ3n) is 5.56. The first-order chi connectivity index (χ1) is 12.6. The summed E-state index contributed by atoms with van der Waals surface area (Å²) in [6, 6.07) is 6.20. The third kappa shape index (κ3) is 3.53. The van der Waals surface area contributed by atoms with E-state index in [9.17, 15) is 4.79 Å². The predicted octanol–water partition coefficient (Wildman–Crippen LogP) is 3.38. The van der Waals surface area contributed by atoms with E-state index in [-0.39, 0.29) is 24.0 Å². The van der Waals surface area contributed by atoms with Gasteiger partial charge in [0.15, 0.2) is 5.58 Å². The van der Waals surface area contributed by atoms with E-state index < -0.39 is 0 Å². The molecule has 1 aromatic heterocycles. The zero-order chi connectivity index (χ0) is 18.1. The normalized spacial score (nSPS) is 24.3. The summed E-state index contributed by atoms with van der Waals surface area (Å²) in [7, 11) is 1.72. The van der Waals surface area contributed by atoms with Gasteiger partial charge in [0.1, 0.15) is 5.52 Å². The number of halogens is 1. The van der Waals surface area contributed by atoms with Crippen LogP contribution in [0.5, 0.6) is 0 Å². The number of piperidine rings is 1. The van der Waals surface area contributed by atoms with Crippen molar-refractivity contribution in [3.8, 4) is 0 Å². The largest absolute Gasteiger partial charge is 0.423 e. The smallest absolute Gasteiger partial charge is 0.298 e. The topological polar surface area (TPSA) is 67.6 Å². The Morgan fingerprint density at radius 1 is 1.31 bits per heavy atom. The highest BCUT2D eigenvalue weighted by Crippen LogP contribution is 2.28. The fraction of sp³-hybridized carbons (Fsp3) is 0.579. The van der Waals surface area contributed by atoms with Crippen LogP contribution in [-0.4, -0.2) is 43.2 Å². The molecule has 4 rings (SSSR count). The molecule has 1 amide bonds. The Morgan fingerprint density at radius 3 is 2.88 bits per heavy atom. The van der Waals surface area contributed by atoms with E-state index in [1.807, 2.05) is 6.07 Å². The first-order valence-electron chi connectivity index (χ1n) is 9.28. The monoisotopic (exact) mass is 377 g/mol. The number of methoxy groups -OCH3 is 1. The lowest BCUT2D eigenvalue weighted by Crippen LogP contribution is -2.46. The number of fused-ring (bicyclic) bond motifs is 1. The minimum atomic E-state index is 0.0446. The molecule has 1 saturated carbocycles. The molecule has 1 aliphatic carbocycles. The van der Waals surface area contributed by atoms with E-state index in [1.54, 1.807) is 19.2 Å². The van der Waals surface area contributed by atoms with Gasteiger partial charge in [-0.25, -0.2) is 0 Å². The van der Waals surface area contributed by atoms with Gasteiger partial charge in [0.2, 0.25) is 5.91 Å². The van der Waals surface area contributed by atoms with Gasteiger partial charge in [0.05, 0.1) is 12.1 Å². The summed E-state index contributed by atoms with van der Waals surface area (Å²) in [6.45, 7) is 1.52. The number of hydrogen-bond donors (Lipinski definition) is 1. The Labute approximate surface area is 157 Å². The molecule has 1 saturated heterocycles. The van der Waals surface area contributed by atoms with Crippen molar-refractivity contribution in [3.05, 3.63) is 23.2 Å². The highest BCUT2D eigenvalue weighted by molar-refractivity contribution is 6.31. The first-order valence-corrected chi connectivity index (χ1v) is 9.66. The molecule has 2 fully saturated rings. The van der Waals surface area contributed by atoms with E-state index in [0.717, 1.165) is 56.3 Å². The van der Waals surface area contributed by atoms with Crippen LogP contribution in [-0.2, 0) is 9.53 Å². The van der Waals surface area contributed by atoms with Crippen LogP contribution in [0.3, 0.4) is 0 Å².